The molecule has 0 saturated heterocycles. The Balaban J connectivity index is 1.82. The van der Waals surface area contributed by atoms with Crippen molar-refractivity contribution in [3.05, 3.63) is 47.2 Å². The van der Waals surface area contributed by atoms with Crippen LogP contribution in [0.5, 0.6) is 0 Å². The van der Waals surface area contributed by atoms with E-state index < -0.39 is 0 Å². The molecule has 166 valence electrons. The van der Waals surface area contributed by atoms with E-state index in [1.165, 1.54) is 0 Å². The SMILES string of the molecule is CCCn1nc(C)c2c(C(=O)NN=C(C)c3ccnn3C)cc(-c3cnn(C)c3C)nc21. The molecule has 1 amide bonds. The number of aryl methyl sites for hydroxylation is 4. The molecule has 0 aliphatic heterocycles. The summed E-state index contributed by atoms with van der Waals surface area (Å²) in [4.78, 5) is 18.2. The number of pyridine rings is 1. The number of aromatic nitrogens is 7. The van der Waals surface area contributed by atoms with Gasteiger partial charge in [0.15, 0.2) is 5.65 Å². The third-order valence-corrected chi connectivity index (χ3v) is 5.59. The van der Waals surface area contributed by atoms with Gasteiger partial charge in [0.1, 0.15) is 0 Å². The van der Waals surface area contributed by atoms with Gasteiger partial charge in [-0.3, -0.25) is 14.2 Å². The third kappa shape index (κ3) is 3.68. The molecule has 0 fully saturated rings. The van der Waals surface area contributed by atoms with Gasteiger partial charge in [0.25, 0.3) is 5.91 Å². The smallest absolute Gasteiger partial charge is 0.272 e. The Labute approximate surface area is 185 Å². The highest BCUT2D eigenvalue weighted by Crippen LogP contribution is 2.28. The molecule has 4 aromatic heterocycles. The van der Waals surface area contributed by atoms with E-state index in [1.807, 2.05) is 45.6 Å². The molecule has 0 spiro atoms. The highest BCUT2D eigenvalue weighted by Gasteiger charge is 2.21. The molecule has 0 atom stereocenters. The van der Waals surface area contributed by atoms with Crippen LogP contribution < -0.4 is 5.43 Å². The molecule has 4 aromatic rings. The molecule has 0 aliphatic rings. The summed E-state index contributed by atoms with van der Waals surface area (Å²) in [6.45, 7) is 8.50. The number of rotatable bonds is 6. The second kappa shape index (κ2) is 8.37. The number of hydrogen-bond donors (Lipinski definition) is 1. The zero-order valence-electron chi connectivity index (χ0n) is 19.2. The molecule has 0 unspecified atom stereocenters. The van der Waals surface area contributed by atoms with Crippen LogP contribution in [0, 0.1) is 13.8 Å². The van der Waals surface area contributed by atoms with Gasteiger partial charge >= 0.3 is 0 Å². The van der Waals surface area contributed by atoms with Crippen molar-refractivity contribution in [1.29, 1.82) is 0 Å². The number of nitrogens with zero attached hydrogens (tertiary/aromatic N) is 8. The maximum absolute atomic E-state index is 13.3. The van der Waals surface area contributed by atoms with Gasteiger partial charge in [-0.05, 0) is 39.3 Å². The number of carbonyl (C=O) groups is 1. The molecule has 10 nitrogen and oxygen atoms in total. The number of carbonyl (C=O) groups excluding carboxylic acids is 1. The fourth-order valence-electron chi connectivity index (χ4n) is 3.77. The number of amides is 1. The van der Waals surface area contributed by atoms with Gasteiger partial charge in [0, 0.05) is 38.1 Å². The predicted octanol–water partition coefficient (Wildman–Crippen LogP) is 2.75. The Hall–Kier alpha value is -3.82. The minimum absolute atomic E-state index is 0.319. The lowest BCUT2D eigenvalue weighted by Crippen LogP contribution is -2.21. The zero-order chi connectivity index (χ0) is 23.0. The highest BCUT2D eigenvalue weighted by atomic mass is 16.2. The minimum Gasteiger partial charge on any atom is -0.272 e. The summed E-state index contributed by atoms with van der Waals surface area (Å²) in [5.41, 5.74) is 8.62. The largest absolute Gasteiger partial charge is 0.272 e. The quantitative estimate of drug-likeness (QED) is 0.372. The van der Waals surface area contributed by atoms with Crippen molar-refractivity contribution in [2.45, 2.75) is 40.7 Å². The highest BCUT2D eigenvalue weighted by molar-refractivity contribution is 6.08. The minimum atomic E-state index is -0.319. The molecule has 0 aromatic carbocycles. The van der Waals surface area contributed by atoms with Crippen LogP contribution in [-0.2, 0) is 20.6 Å². The predicted molar refractivity (Wildman–Crippen MR) is 122 cm³/mol. The monoisotopic (exact) mass is 433 g/mol. The Morgan fingerprint density at radius 2 is 1.97 bits per heavy atom. The Morgan fingerprint density at radius 3 is 2.59 bits per heavy atom. The topological polar surface area (TPSA) is 108 Å². The molecular weight excluding hydrogens is 406 g/mol. The van der Waals surface area contributed by atoms with Gasteiger partial charge in [-0.15, -0.1) is 0 Å². The number of nitrogens with one attached hydrogen (secondary N) is 1. The maximum Gasteiger partial charge on any atom is 0.272 e. The summed E-state index contributed by atoms with van der Waals surface area (Å²) >= 11 is 0. The van der Waals surface area contributed by atoms with E-state index in [2.05, 4.69) is 32.7 Å². The van der Waals surface area contributed by atoms with Crippen molar-refractivity contribution in [2.75, 3.05) is 0 Å². The summed E-state index contributed by atoms with van der Waals surface area (Å²) in [6.07, 6.45) is 4.36. The fourth-order valence-corrected chi connectivity index (χ4v) is 3.77. The molecule has 1 N–H and O–H groups in total. The van der Waals surface area contributed by atoms with Crippen LogP contribution >= 0.6 is 0 Å². The van der Waals surface area contributed by atoms with Gasteiger partial charge in [-0.25, -0.2) is 15.1 Å². The summed E-state index contributed by atoms with van der Waals surface area (Å²) < 4.78 is 5.36. The van der Waals surface area contributed by atoms with Crippen molar-refractivity contribution in [3.63, 3.8) is 0 Å². The van der Waals surface area contributed by atoms with E-state index in [-0.39, 0.29) is 5.91 Å². The molecule has 0 radical (unpaired) electrons. The van der Waals surface area contributed by atoms with Crippen molar-refractivity contribution in [2.24, 2.45) is 19.2 Å². The third-order valence-electron chi connectivity index (χ3n) is 5.59. The summed E-state index contributed by atoms with van der Waals surface area (Å²) in [6, 6.07) is 3.64. The molecule has 0 bridgehead atoms. The van der Waals surface area contributed by atoms with E-state index in [0.29, 0.717) is 29.2 Å². The number of fused-ring (bicyclic) bond motifs is 1. The van der Waals surface area contributed by atoms with Crippen LogP contribution in [0.15, 0.2) is 29.6 Å². The zero-order valence-corrected chi connectivity index (χ0v) is 19.2. The van der Waals surface area contributed by atoms with Gasteiger partial charge in [0.2, 0.25) is 0 Å². The average Bonchev–Trinajstić information content (AvgIpc) is 3.44. The second-order valence-electron chi connectivity index (χ2n) is 7.81. The van der Waals surface area contributed by atoms with Gasteiger partial charge in [-0.2, -0.15) is 20.4 Å². The lowest BCUT2D eigenvalue weighted by atomic mass is 10.1. The van der Waals surface area contributed by atoms with Crippen LogP contribution in [0.2, 0.25) is 0 Å². The van der Waals surface area contributed by atoms with E-state index in [4.69, 9.17) is 4.98 Å². The Morgan fingerprint density at radius 1 is 1.19 bits per heavy atom. The summed E-state index contributed by atoms with van der Waals surface area (Å²) in [5, 5.41) is 18.1. The fraction of sp³-hybridized carbons (Fsp3) is 0.364. The van der Waals surface area contributed by atoms with E-state index >= 15 is 0 Å². The molecule has 10 heteroatoms. The van der Waals surface area contributed by atoms with Crippen molar-refractivity contribution in [1.82, 2.24) is 39.8 Å². The van der Waals surface area contributed by atoms with E-state index in [1.54, 1.807) is 27.8 Å². The second-order valence-corrected chi connectivity index (χ2v) is 7.81. The van der Waals surface area contributed by atoms with Gasteiger partial charge in [0.05, 0.1) is 39.9 Å². The van der Waals surface area contributed by atoms with Crippen molar-refractivity contribution in [3.8, 4) is 11.3 Å². The standard InChI is InChI=1S/C22H27N9O/c1-7-10-31-21-20(14(3)28-31)16(11-18(25-21)17-12-24-29(5)15(17)4)22(32)27-26-13(2)19-8-9-23-30(19)6/h8-9,11-12H,7,10H2,1-6H3,(H,27,32). The lowest BCUT2D eigenvalue weighted by Gasteiger charge is -2.09. The van der Waals surface area contributed by atoms with Crippen LogP contribution in [0.4, 0.5) is 0 Å². The Bertz CT molecular complexity index is 1340. The van der Waals surface area contributed by atoms with E-state index in [0.717, 1.165) is 34.5 Å². The van der Waals surface area contributed by atoms with Crippen LogP contribution in [-0.4, -0.2) is 45.9 Å². The van der Waals surface area contributed by atoms with Crippen LogP contribution in [0.1, 0.15) is 47.7 Å². The molecule has 32 heavy (non-hydrogen) atoms. The first kappa shape index (κ1) is 21.4. The van der Waals surface area contributed by atoms with E-state index in [9.17, 15) is 4.79 Å². The molecular formula is C22H27N9O. The number of hydrogen-bond acceptors (Lipinski definition) is 6. The van der Waals surface area contributed by atoms with Crippen LogP contribution in [0.3, 0.4) is 0 Å². The lowest BCUT2D eigenvalue weighted by molar-refractivity contribution is 0.0956. The molecule has 0 aliphatic carbocycles. The first-order valence-electron chi connectivity index (χ1n) is 10.5. The maximum atomic E-state index is 13.3. The summed E-state index contributed by atoms with van der Waals surface area (Å²) in [5.74, 6) is -0.319. The molecule has 4 rings (SSSR count). The van der Waals surface area contributed by atoms with Crippen LogP contribution in [0.25, 0.3) is 22.3 Å². The first-order chi connectivity index (χ1) is 15.3. The average molecular weight is 434 g/mol. The van der Waals surface area contributed by atoms with Gasteiger partial charge in [-0.1, -0.05) is 6.92 Å². The van der Waals surface area contributed by atoms with Crippen molar-refractivity contribution >= 4 is 22.7 Å². The number of hydrazone groups is 1. The first-order valence-corrected chi connectivity index (χ1v) is 10.5. The summed E-state index contributed by atoms with van der Waals surface area (Å²) in [7, 11) is 3.71. The normalized spacial score (nSPS) is 12.0. The Kier molecular flexibility index (Phi) is 5.60. The molecule has 0 saturated carbocycles. The van der Waals surface area contributed by atoms with Gasteiger partial charge < -0.3 is 0 Å². The molecule has 4 heterocycles. The van der Waals surface area contributed by atoms with Crippen molar-refractivity contribution < 1.29 is 4.79 Å².